The fourth-order valence-corrected chi connectivity index (χ4v) is 2.68. The van der Waals surface area contributed by atoms with Gasteiger partial charge in [0.15, 0.2) is 0 Å². The van der Waals surface area contributed by atoms with Gasteiger partial charge in [-0.1, -0.05) is 36.4 Å². The lowest BCUT2D eigenvalue weighted by Gasteiger charge is -2.17. The number of rotatable bonds is 3. The minimum absolute atomic E-state index is 0.285. The van der Waals surface area contributed by atoms with E-state index >= 15 is 0 Å². The van der Waals surface area contributed by atoms with Crippen LogP contribution < -0.4 is 15.9 Å². The van der Waals surface area contributed by atoms with E-state index in [0.29, 0.717) is 25.0 Å². The predicted molar refractivity (Wildman–Crippen MR) is 89.5 cm³/mol. The number of hydrogen-bond donors (Lipinski definition) is 1. The van der Waals surface area contributed by atoms with Crippen LogP contribution in [0.1, 0.15) is 0 Å². The number of hydrogen-bond acceptors (Lipinski definition) is 5. The van der Waals surface area contributed by atoms with E-state index in [1.165, 1.54) is 0 Å². The molecule has 0 aliphatic carbocycles. The molecule has 6 heteroatoms. The Kier molecular flexibility index (Phi) is 3.27. The van der Waals surface area contributed by atoms with Crippen molar-refractivity contribution >= 4 is 23.3 Å². The Morgan fingerprint density at radius 1 is 0.870 bits per heavy atom. The highest BCUT2D eigenvalue weighted by atomic mass is 16.1. The summed E-state index contributed by atoms with van der Waals surface area (Å²) < 4.78 is 1.60. The van der Waals surface area contributed by atoms with Crippen LogP contribution in [0.3, 0.4) is 0 Å². The Morgan fingerprint density at radius 2 is 1.57 bits per heavy atom. The second-order valence-corrected chi connectivity index (χ2v) is 5.26. The highest BCUT2D eigenvalue weighted by Gasteiger charge is 2.24. The van der Waals surface area contributed by atoms with Crippen LogP contribution >= 0.6 is 0 Å². The van der Waals surface area contributed by atoms with Gasteiger partial charge in [-0.15, -0.1) is 0 Å². The first-order valence-corrected chi connectivity index (χ1v) is 7.45. The van der Waals surface area contributed by atoms with E-state index in [-0.39, 0.29) is 5.69 Å². The van der Waals surface area contributed by atoms with Gasteiger partial charge in [-0.3, -0.25) is 4.57 Å². The Balaban J connectivity index is 1.73. The molecule has 2 heterocycles. The number of benzene rings is 2. The van der Waals surface area contributed by atoms with Crippen molar-refractivity contribution in [2.24, 2.45) is 0 Å². The summed E-state index contributed by atoms with van der Waals surface area (Å²) in [6, 6.07) is 19.5. The van der Waals surface area contributed by atoms with Gasteiger partial charge in [0.25, 0.3) is 0 Å². The number of nitrogens with one attached hydrogen (secondary N) is 1. The molecule has 0 atom stereocenters. The maximum Gasteiger partial charge on any atom is 0.353 e. The van der Waals surface area contributed by atoms with Gasteiger partial charge >= 0.3 is 5.69 Å². The van der Waals surface area contributed by atoms with Gasteiger partial charge in [0, 0.05) is 24.5 Å². The molecule has 0 unspecified atom stereocenters. The van der Waals surface area contributed by atoms with Gasteiger partial charge < -0.3 is 10.2 Å². The van der Waals surface area contributed by atoms with Crippen molar-refractivity contribution in [3.8, 4) is 0 Å². The van der Waals surface area contributed by atoms with E-state index in [1.54, 1.807) is 4.57 Å². The lowest BCUT2D eigenvalue weighted by atomic mass is 10.3. The van der Waals surface area contributed by atoms with Gasteiger partial charge in [0.1, 0.15) is 0 Å². The summed E-state index contributed by atoms with van der Waals surface area (Å²) in [4.78, 5) is 22.8. The van der Waals surface area contributed by atoms with Crippen LogP contribution in [0.25, 0.3) is 0 Å². The largest absolute Gasteiger partial charge is 0.353 e. The smallest absolute Gasteiger partial charge is 0.324 e. The zero-order valence-corrected chi connectivity index (χ0v) is 12.4. The molecule has 1 aliphatic rings. The van der Waals surface area contributed by atoms with Crippen LogP contribution in [-0.4, -0.2) is 21.1 Å². The Morgan fingerprint density at radius 3 is 2.30 bits per heavy atom. The molecule has 0 fully saturated rings. The molecule has 0 amide bonds. The van der Waals surface area contributed by atoms with Crippen molar-refractivity contribution < 1.29 is 0 Å². The first kappa shape index (κ1) is 13.5. The fourth-order valence-electron chi connectivity index (χ4n) is 2.68. The van der Waals surface area contributed by atoms with Crippen molar-refractivity contribution in [2.75, 3.05) is 16.8 Å². The average Bonchev–Trinajstić information content (AvgIpc) is 3.01. The van der Waals surface area contributed by atoms with E-state index in [1.807, 2.05) is 65.6 Å². The van der Waals surface area contributed by atoms with Crippen LogP contribution in [0.5, 0.6) is 0 Å². The zero-order chi connectivity index (χ0) is 15.6. The number of para-hydroxylation sites is 2. The maximum atomic E-state index is 12.2. The second-order valence-electron chi connectivity index (χ2n) is 5.26. The second kappa shape index (κ2) is 5.57. The number of fused-ring (bicyclic) bond motifs is 1. The third-order valence-corrected chi connectivity index (χ3v) is 3.77. The average molecular weight is 305 g/mol. The van der Waals surface area contributed by atoms with Crippen molar-refractivity contribution in [1.29, 1.82) is 0 Å². The fraction of sp³-hybridized carbons (Fsp3) is 0.118. The van der Waals surface area contributed by atoms with Gasteiger partial charge in [0.05, 0.1) is 0 Å². The molecular weight excluding hydrogens is 290 g/mol. The number of anilines is 4. The molecule has 6 nitrogen and oxygen atoms in total. The quantitative estimate of drug-likeness (QED) is 0.805. The molecule has 2 aromatic carbocycles. The van der Waals surface area contributed by atoms with Crippen LogP contribution in [0, 0.1) is 0 Å². The lowest BCUT2D eigenvalue weighted by molar-refractivity contribution is 0.728. The summed E-state index contributed by atoms with van der Waals surface area (Å²) in [6.07, 6.45) is 0. The summed E-state index contributed by atoms with van der Waals surface area (Å²) in [7, 11) is 0. The van der Waals surface area contributed by atoms with E-state index in [4.69, 9.17) is 0 Å². The standard InChI is InChI=1S/C17H15N5O/c23-17-20-15(18-13-7-3-1-4-8-13)19-16-21(11-12-22(16)17)14-9-5-2-6-10-14/h1-10H,11-12H2,(H,18,20,23). The molecule has 0 radical (unpaired) electrons. The van der Waals surface area contributed by atoms with E-state index in [9.17, 15) is 4.79 Å². The molecule has 1 aromatic heterocycles. The SMILES string of the molecule is O=c1nc(Nc2ccccc2)nc2n1CCN2c1ccccc1. The summed E-state index contributed by atoms with van der Waals surface area (Å²) >= 11 is 0. The molecule has 4 rings (SSSR count). The third-order valence-electron chi connectivity index (χ3n) is 3.77. The maximum absolute atomic E-state index is 12.2. The minimum Gasteiger partial charge on any atom is -0.324 e. The Hall–Kier alpha value is -3.15. The van der Waals surface area contributed by atoms with Gasteiger partial charge in [-0.25, -0.2) is 4.79 Å². The third kappa shape index (κ3) is 2.55. The summed E-state index contributed by atoms with van der Waals surface area (Å²) in [5.41, 5.74) is 1.58. The Labute approximate surface area is 133 Å². The zero-order valence-electron chi connectivity index (χ0n) is 12.4. The van der Waals surface area contributed by atoms with E-state index in [0.717, 1.165) is 11.4 Å². The van der Waals surface area contributed by atoms with E-state index < -0.39 is 0 Å². The molecular formula is C17H15N5O. The summed E-state index contributed by atoms with van der Waals surface area (Å²) in [5, 5.41) is 3.08. The highest BCUT2D eigenvalue weighted by molar-refractivity contribution is 5.61. The van der Waals surface area contributed by atoms with E-state index in [2.05, 4.69) is 15.3 Å². The minimum atomic E-state index is -0.285. The van der Waals surface area contributed by atoms with Crippen molar-refractivity contribution in [3.05, 3.63) is 71.1 Å². The van der Waals surface area contributed by atoms with Crippen molar-refractivity contribution in [2.45, 2.75) is 6.54 Å². The normalized spacial score (nSPS) is 13.0. The van der Waals surface area contributed by atoms with Crippen LogP contribution in [0.4, 0.5) is 23.3 Å². The van der Waals surface area contributed by atoms with Crippen molar-refractivity contribution in [1.82, 2.24) is 14.5 Å². The summed E-state index contributed by atoms with van der Waals surface area (Å²) in [6.45, 7) is 1.30. The van der Waals surface area contributed by atoms with Crippen molar-refractivity contribution in [3.63, 3.8) is 0 Å². The topological polar surface area (TPSA) is 63.1 Å². The van der Waals surface area contributed by atoms with Gasteiger partial charge in [0.2, 0.25) is 11.9 Å². The molecule has 1 N–H and O–H groups in total. The molecule has 23 heavy (non-hydrogen) atoms. The lowest BCUT2D eigenvalue weighted by Crippen LogP contribution is -2.24. The van der Waals surface area contributed by atoms with Crippen LogP contribution in [0.2, 0.25) is 0 Å². The molecule has 0 saturated heterocycles. The number of nitrogens with zero attached hydrogens (tertiary/aromatic N) is 4. The molecule has 0 spiro atoms. The van der Waals surface area contributed by atoms with Crippen LogP contribution in [-0.2, 0) is 6.54 Å². The summed E-state index contributed by atoms with van der Waals surface area (Å²) in [5.74, 6) is 0.935. The first-order chi connectivity index (χ1) is 11.3. The Bertz CT molecular complexity index is 876. The monoisotopic (exact) mass is 305 g/mol. The van der Waals surface area contributed by atoms with Gasteiger partial charge in [-0.05, 0) is 24.3 Å². The predicted octanol–water partition coefficient (Wildman–Crippen LogP) is 2.53. The molecule has 0 bridgehead atoms. The van der Waals surface area contributed by atoms with Crippen LogP contribution in [0.15, 0.2) is 65.5 Å². The molecule has 1 aliphatic heterocycles. The molecule has 114 valence electrons. The highest BCUT2D eigenvalue weighted by Crippen LogP contribution is 2.27. The van der Waals surface area contributed by atoms with Gasteiger partial charge in [-0.2, -0.15) is 9.97 Å². The first-order valence-electron chi connectivity index (χ1n) is 7.45. The molecule has 0 saturated carbocycles. The number of aromatic nitrogens is 3. The molecule has 3 aromatic rings.